The van der Waals surface area contributed by atoms with Gasteiger partial charge in [0.15, 0.2) is 10.8 Å². The van der Waals surface area contributed by atoms with Gasteiger partial charge in [-0.3, -0.25) is 0 Å². The summed E-state index contributed by atoms with van der Waals surface area (Å²) >= 11 is 7.34. The summed E-state index contributed by atoms with van der Waals surface area (Å²) in [7, 11) is 0. The van der Waals surface area contributed by atoms with Crippen LogP contribution in [0.2, 0.25) is 5.02 Å². The Morgan fingerprint density at radius 3 is 3.05 bits per heavy atom. The third kappa shape index (κ3) is 3.36. The molecule has 3 N–H and O–H groups in total. The van der Waals surface area contributed by atoms with Crippen molar-refractivity contribution >= 4 is 45.4 Å². The van der Waals surface area contributed by atoms with Crippen molar-refractivity contribution in [2.24, 2.45) is 0 Å². The predicted octanol–water partition coefficient (Wildman–Crippen LogP) is 3.30. The summed E-state index contributed by atoms with van der Waals surface area (Å²) in [4.78, 5) is 15.6. The Hall–Kier alpha value is -1.79. The van der Waals surface area contributed by atoms with Crippen molar-refractivity contribution in [1.82, 2.24) is 4.98 Å². The second-order valence-electron chi connectivity index (χ2n) is 3.62. The van der Waals surface area contributed by atoms with Crippen LogP contribution in [0.25, 0.3) is 0 Å². The van der Waals surface area contributed by atoms with Gasteiger partial charge in [0.2, 0.25) is 0 Å². The zero-order valence-corrected chi connectivity index (χ0v) is 11.7. The topological polar surface area (TPSA) is 77.2 Å². The van der Waals surface area contributed by atoms with E-state index in [1.165, 1.54) is 11.3 Å². The summed E-state index contributed by atoms with van der Waals surface area (Å²) in [6, 6.07) is 5.13. The van der Waals surface area contributed by atoms with Gasteiger partial charge in [-0.1, -0.05) is 11.6 Å². The molecule has 2 rings (SSSR count). The summed E-state index contributed by atoms with van der Waals surface area (Å²) in [5, 5.41) is 5.72. The second-order valence-corrected chi connectivity index (χ2v) is 4.89. The summed E-state index contributed by atoms with van der Waals surface area (Å²) in [6.45, 7) is 2.07. The van der Waals surface area contributed by atoms with E-state index < -0.39 is 5.97 Å². The lowest BCUT2D eigenvalue weighted by Crippen LogP contribution is -2.05. The van der Waals surface area contributed by atoms with Gasteiger partial charge in [0.05, 0.1) is 17.3 Å². The number of carbonyl (C=O) groups is 1. The molecule has 5 nitrogen and oxygen atoms in total. The first-order chi connectivity index (χ1) is 9.10. The summed E-state index contributed by atoms with van der Waals surface area (Å²) in [5.74, 6) is -0.435. The Morgan fingerprint density at radius 2 is 2.37 bits per heavy atom. The van der Waals surface area contributed by atoms with Crippen LogP contribution in [0.3, 0.4) is 0 Å². The van der Waals surface area contributed by atoms with Crippen molar-refractivity contribution in [3.63, 3.8) is 0 Å². The largest absolute Gasteiger partial charge is 0.461 e. The minimum absolute atomic E-state index is 0.279. The van der Waals surface area contributed by atoms with E-state index in [4.69, 9.17) is 22.1 Å². The first kappa shape index (κ1) is 13.6. The maximum Gasteiger partial charge on any atom is 0.357 e. The minimum Gasteiger partial charge on any atom is -0.461 e. The molecule has 19 heavy (non-hydrogen) atoms. The molecule has 0 saturated heterocycles. The van der Waals surface area contributed by atoms with Gasteiger partial charge in [0.25, 0.3) is 0 Å². The number of nitrogen functional groups attached to an aromatic ring is 1. The lowest BCUT2D eigenvalue weighted by molar-refractivity contribution is 0.0520. The Labute approximate surface area is 119 Å². The van der Waals surface area contributed by atoms with Crippen molar-refractivity contribution in [2.75, 3.05) is 17.7 Å². The zero-order valence-electron chi connectivity index (χ0n) is 10.1. The van der Waals surface area contributed by atoms with E-state index in [1.54, 1.807) is 30.5 Å². The fourth-order valence-electron chi connectivity index (χ4n) is 1.38. The molecule has 0 amide bonds. The first-order valence-electron chi connectivity index (χ1n) is 5.55. The fourth-order valence-corrected chi connectivity index (χ4v) is 2.31. The predicted molar refractivity (Wildman–Crippen MR) is 77.2 cm³/mol. The van der Waals surface area contributed by atoms with Gasteiger partial charge in [-0.05, 0) is 25.1 Å². The van der Waals surface area contributed by atoms with Crippen molar-refractivity contribution in [3.05, 3.63) is 34.3 Å². The maximum atomic E-state index is 11.5. The van der Waals surface area contributed by atoms with E-state index in [2.05, 4.69) is 10.3 Å². The van der Waals surface area contributed by atoms with Crippen molar-refractivity contribution < 1.29 is 9.53 Å². The molecule has 7 heteroatoms. The van der Waals surface area contributed by atoms with Crippen LogP contribution >= 0.6 is 22.9 Å². The van der Waals surface area contributed by atoms with Crippen LogP contribution in [-0.4, -0.2) is 17.6 Å². The van der Waals surface area contributed by atoms with E-state index >= 15 is 0 Å². The number of aromatic nitrogens is 1. The van der Waals surface area contributed by atoms with Crippen LogP contribution in [0.1, 0.15) is 17.4 Å². The average Bonchev–Trinajstić information content (AvgIpc) is 2.82. The number of nitrogens with zero attached hydrogens (tertiary/aromatic N) is 1. The van der Waals surface area contributed by atoms with Crippen molar-refractivity contribution in [1.29, 1.82) is 0 Å². The SMILES string of the molecule is CCOC(=O)c1csc(Nc2ccc(N)cc2Cl)n1. The number of benzene rings is 1. The molecule has 1 heterocycles. The Balaban J connectivity index is 2.13. The molecule has 0 spiro atoms. The molecule has 1 aromatic carbocycles. The number of rotatable bonds is 4. The number of carbonyl (C=O) groups excluding carboxylic acids is 1. The number of hydrogen-bond acceptors (Lipinski definition) is 6. The van der Waals surface area contributed by atoms with Crippen LogP contribution in [0.4, 0.5) is 16.5 Å². The highest BCUT2D eigenvalue weighted by Gasteiger charge is 2.12. The summed E-state index contributed by atoms with van der Waals surface area (Å²) in [6.07, 6.45) is 0. The standard InChI is InChI=1S/C12H12ClN3O2S/c1-2-18-11(17)10-6-19-12(16-10)15-9-4-3-7(14)5-8(9)13/h3-6H,2,14H2,1H3,(H,15,16). The number of halogens is 1. The molecule has 0 aliphatic carbocycles. The quantitative estimate of drug-likeness (QED) is 0.669. The van der Waals surface area contributed by atoms with Crippen molar-refractivity contribution in [3.8, 4) is 0 Å². The van der Waals surface area contributed by atoms with E-state index in [0.29, 0.717) is 28.1 Å². The van der Waals surface area contributed by atoms with Crippen LogP contribution < -0.4 is 11.1 Å². The summed E-state index contributed by atoms with van der Waals surface area (Å²) in [5.41, 5.74) is 7.16. The molecule has 0 unspecified atom stereocenters. The molecule has 0 bridgehead atoms. The molecular weight excluding hydrogens is 286 g/mol. The lowest BCUT2D eigenvalue weighted by Gasteiger charge is -2.05. The van der Waals surface area contributed by atoms with Crippen LogP contribution in [0.5, 0.6) is 0 Å². The number of anilines is 3. The monoisotopic (exact) mass is 297 g/mol. The van der Waals surface area contributed by atoms with Crippen molar-refractivity contribution in [2.45, 2.75) is 6.92 Å². The molecule has 0 aliphatic rings. The first-order valence-corrected chi connectivity index (χ1v) is 6.80. The molecular formula is C12H12ClN3O2S. The molecule has 0 aliphatic heterocycles. The smallest absolute Gasteiger partial charge is 0.357 e. The molecule has 0 saturated carbocycles. The molecule has 1 aromatic heterocycles. The van der Waals surface area contributed by atoms with E-state index in [1.807, 2.05) is 0 Å². The van der Waals surface area contributed by atoms with Crippen LogP contribution in [-0.2, 0) is 4.74 Å². The van der Waals surface area contributed by atoms with Gasteiger partial charge < -0.3 is 15.8 Å². The second kappa shape index (κ2) is 5.90. The zero-order chi connectivity index (χ0) is 13.8. The molecule has 2 aromatic rings. The fraction of sp³-hybridized carbons (Fsp3) is 0.167. The number of nitrogens with two attached hydrogens (primary N) is 1. The number of thiazole rings is 1. The Kier molecular flexibility index (Phi) is 4.24. The third-order valence-corrected chi connectivity index (χ3v) is 3.29. The van der Waals surface area contributed by atoms with Gasteiger partial charge >= 0.3 is 5.97 Å². The minimum atomic E-state index is -0.435. The van der Waals surface area contributed by atoms with Gasteiger partial charge in [0.1, 0.15) is 0 Å². The highest BCUT2D eigenvalue weighted by atomic mass is 35.5. The Morgan fingerprint density at radius 1 is 1.58 bits per heavy atom. The number of hydrogen-bond donors (Lipinski definition) is 2. The molecule has 0 fully saturated rings. The third-order valence-electron chi connectivity index (χ3n) is 2.22. The van der Waals surface area contributed by atoms with Gasteiger partial charge in [-0.25, -0.2) is 9.78 Å². The van der Waals surface area contributed by atoms with Crippen LogP contribution in [0.15, 0.2) is 23.6 Å². The van der Waals surface area contributed by atoms with Gasteiger partial charge in [-0.2, -0.15) is 0 Å². The number of nitrogens with one attached hydrogen (secondary N) is 1. The highest BCUT2D eigenvalue weighted by Crippen LogP contribution is 2.28. The van der Waals surface area contributed by atoms with E-state index in [-0.39, 0.29) is 5.69 Å². The van der Waals surface area contributed by atoms with E-state index in [9.17, 15) is 4.79 Å². The number of esters is 1. The Bertz CT molecular complexity index is 600. The summed E-state index contributed by atoms with van der Waals surface area (Å²) < 4.78 is 4.87. The normalized spacial score (nSPS) is 10.2. The lowest BCUT2D eigenvalue weighted by atomic mass is 10.3. The van der Waals surface area contributed by atoms with Gasteiger partial charge in [0, 0.05) is 11.1 Å². The number of ether oxygens (including phenoxy) is 1. The highest BCUT2D eigenvalue weighted by molar-refractivity contribution is 7.14. The van der Waals surface area contributed by atoms with Crippen LogP contribution in [0, 0.1) is 0 Å². The van der Waals surface area contributed by atoms with E-state index in [0.717, 1.165) is 0 Å². The maximum absolute atomic E-state index is 11.5. The molecule has 0 radical (unpaired) electrons. The average molecular weight is 298 g/mol. The molecule has 100 valence electrons. The molecule has 0 atom stereocenters. The van der Waals surface area contributed by atoms with Gasteiger partial charge in [-0.15, -0.1) is 11.3 Å².